The Kier molecular flexibility index (Phi) is 6.37. The molecule has 10 heteroatoms. The fourth-order valence-electron chi connectivity index (χ4n) is 3.68. The van der Waals surface area contributed by atoms with E-state index in [1.165, 1.54) is 10.5 Å². The lowest BCUT2D eigenvalue weighted by atomic mass is 10.2. The van der Waals surface area contributed by atoms with Gasteiger partial charge in [-0.15, -0.1) is 0 Å². The molecule has 0 unspecified atom stereocenters. The van der Waals surface area contributed by atoms with Crippen LogP contribution >= 0.6 is 15.9 Å². The summed E-state index contributed by atoms with van der Waals surface area (Å²) in [5.41, 5.74) is 1.69. The molecule has 8 nitrogen and oxygen atoms in total. The summed E-state index contributed by atoms with van der Waals surface area (Å²) in [6.07, 6.45) is 5.21. The molecule has 1 N–H and O–H groups in total. The zero-order valence-corrected chi connectivity index (χ0v) is 18.8. The van der Waals surface area contributed by atoms with Gasteiger partial charge in [-0.1, -0.05) is 0 Å². The van der Waals surface area contributed by atoms with Crippen molar-refractivity contribution in [3.05, 3.63) is 46.7 Å². The van der Waals surface area contributed by atoms with Crippen molar-refractivity contribution >= 4 is 43.2 Å². The van der Waals surface area contributed by atoms with E-state index in [9.17, 15) is 13.2 Å². The Morgan fingerprint density at radius 3 is 2.50 bits per heavy atom. The molecule has 2 aliphatic rings. The minimum absolute atomic E-state index is 0.162. The molecule has 1 aromatic carbocycles. The zero-order valence-electron chi connectivity index (χ0n) is 16.4. The van der Waals surface area contributed by atoms with Crippen LogP contribution in [0.4, 0.5) is 11.4 Å². The third kappa shape index (κ3) is 4.51. The van der Waals surface area contributed by atoms with Crippen LogP contribution < -0.4 is 10.2 Å². The average molecular weight is 495 g/mol. The van der Waals surface area contributed by atoms with Gasteiger partial charge < -0.3 is 15.0 Å². The van der Waals surface area contributed by atoms with Crippen LogP contribution in [0.5, 0.6) is 0 Å². The van der Waals surface area contributed by atoms with Crippen LogP contribution in [-0.4, -0.2) is 63.0 Å². The molecule has 3 heterocycles. The topological polar surface area (TPSA) is 91.8 Å². The van der Waals surface area contributed by atoms with E-state index in [0.717, 1.165) is 31.6 Å². The number of hydrogen-bond donors (Lipinski definition) is 1. The highest BCUT2D eigenvalue weighted by molar-refractivity contribution is 9.10. The molecular weight excluding hydrogens is 472 g/mol. The lowest BCUT2D eigenvalue weighted by Gasteiger charge is -2.27. The molecule has 0 bridgehead atoms. The molecule has 160 valence electrons. The van der Waals surface area contributed by atoms with Crippen molar-refractivity contribution in [1.82, 2.24) is 9.29 Å². The summed E-state index contributed by atoms with van der Waals surface area (Å²) >= 11 is 3.32. The first-order valence-electron chi connectivity index (χ1n) is 9.84. The van der Waals surface area contributed by atoms with Crippen molar-refractivity contribution < 1.29 is 17.9 Å². The minimum atomic E-state index is -3.67. The SMILES string of the molecule is O=C(Nc1cc(S(=O)(=O)N2CCOCC2)ccc1N1CCCC1)c1cncc(Br)c1. The molecule has 1 aromatic heterocycles. The van der Waals surface area contributed by atoms with Crippen LogP contribution in [0.3, 0.4) is 0 Å². The van der Waals surface area contributed by atoms with E-state index in [-0.39, 0.29) is 10.8 Å². The number of morpholine rings is 1. The number of pyridine rings is 1. The van der Waals surface area contributed by atoms with Crippen LogP contribution in [0.15, 0.2) is 46.0 Å². The third-order valence-electron chi connectivity index (χ3n) is 5.24. The molecule has 2 aliphatic heterocycles. The van der Waals surface area contributed by atoms with Crippen molar-refractivity contribution in [3.63, 3.8) is 0 Å². The highest BCUT2D eigenvalue weighted by atomic mass is 79.9. The van der Waals surface area contributed by atoms with E-state index in [2.05, 4.69) is 31.1 Å². The van der Waals surface area contributed by atoms with Gasteiger partial charge in [-0.25, -0.2) is 8.42 Å². The van der Waals surface area contributed by atoms with E-state index in [1.54, 1.807) is 30.5 Å². The fourth-order valence-corrected chi connectivity index (χ4v) is 5.48. The maximum atomic E-state index is 13.1. The Balaban J connectivity index is 1.68. The van der Waals surface area contributed by atoms with Crippen molar-refractivity contribution in [2.45, 2.75) is 17.7 Å². The number of hydrogen-bond acceptors (Lipinski definition) is 6. The fraction of sp³-hybridized carbons (Fsp3) is 0.400. The van der Waals surface area contributed by atoms with Crippen LogP contribution in [0.25, 0.3) is 0 Å². The summed E-state index contributed by atoms with van der Waals surface area (Å²) in [6.45, 7) is 3.14. The van der Waals surface area contributed by atoms with Gasteiger partial charge in [0, 0.05) is 43.0 Å². The molecule has 0 saturated carbocycles. The second-order valence-corrected chi connectivity index (χ2v) is 10.1. The molecule has 2 saturated heterocycles. The smallest absolute Gasteiger partial charge is 0.257 e. The number of aromatic nitrogens is 1. The van der Waals surface area contributed by atoms with Crippen LogP contribution in [0, 0.1) is 0 Å². The highest BCUT2D eigenvalue weighted by Crippen LogP contribution is 2.33. The number of sulfonamides is 1. The number of amides is 1. The Bertz CT molecular complexity index is 1030. The summed E-state index contributed by atoms with van der Waals surface area (Å²) in [4.78, 5) is 19.2. The molecular formula is C20H23BrN4O4S. The van der Waals surface area contributed by atoms with Gasteiger partial charge in [0.15, 0.2) is 0 Å². The molecule has 2 aromatic rings. The zero-order chi connectivity index (χ0) is 21.1. The molecule has 30 heavy (non-hydrogen) atoms. The molecule has 0 spiro atoms. The first kappa shape index (κ1) is 21.2. The third-order valence-corrected chi connectivity index (χ3v) is 7.57. The standard InChI is InChI=1S/C20H23BrN4O4S/c21-16-11-15(13-22-14-16)20(26)23-18-12-17(3-4-19(18)24-5-1-2-6-24)30(27,28)25-7-9-29-10-8-25/h3-4,11-14H,1-2,5-10H2,(H,23,26). The number of carbonyl (C=O) groups excluding carboxylic acids is 1. The van der Waals surface area contributed by atoms with Crippen LogP contribution in [0.2, 0.25) is 0 Å². The number of anilines is 2. The minimum Gasteiger partial charge on any atom is -0.379 e. The average Bonchev–Trinajstić information content (AvgIpc) is 3.29. The predicted molar refractivity (Wildman–Crippen MR) is 117 cm³/mol. The monoisotopic (exact) mass is 494 g/mol. The maximum absolute atomic E-state index is 13.1. The Morgan fingerprint density at radius 2 is 1.80 bits per heavy atom. The number of ether oxygens (including phenoxy) is 1. The molecule has 0 radical (unpaired) electrons. The van der Waals surface area contributed by atoms with Gasteiger partial charge in [0.25, 0.3) is 5.91 Å². The van der Waals surface area contributed by atoms with E-state index >= 15 is 0 Å². The van der Waals surface area contributed by atoms with E-state index in [0.29, 0.717) is 42.0 Å². The van der Waals surface area contributed by atoms with E-state index < -0.39 is 10.0 Å². The van der Waals surface area contributed by atoms with Crippen molar-refractivity contribution in [2.24, 2.45) is 0 Å². The second kappa shape index (κ2) is 9.01. The number of nitrogens with zero attached hydrogens (tertiary/aromatic N) is 3. The second-order valence-electron chi connectivity index (χ2n) is 7.24. The van der Waals surface area contributed by atoms with Crippen molar-refractivity contribution in [1.29, 1.82) is 0 Å². The number of nitrogens with one attached hydrogen (secondary N) is 1. The molecule has 0 atom stereocenters. The van der Waals surface area contributed by atoms with Crippen LogP contribution in [-0.2, 0) is 14.8 Å². The van der Waals surface area contributed by atoms with Crippen molar-refractivity contribution in [3.8, 4) is 0 Å². The first-order valence-corrected chi connectivity index (χ1v) is 12.1. The number of rotatable bonds is 5. The van der Waals surface area contributed by atoms with Crippen LogP contribution in [0.1, 0.15) is 23.2 Å². The van der Waals surface area contributed by atoms with Gasteiger partial charge >= 0.3 is 0 Å². The predicted octanol–water partition coefficient (Wildman–Crippen LogP) is 2.72. The maximum Gasteiger partial charge on any atom is 0.257 e. The first-order chi connectivity index (χ1) is 14.4. The lowest BCUT2D eigenvalue weighted by molar-refractivity contribution is 0.0730. The van der Waals surface area contributed by atoms with Gasteiger partial charge in [0.05, 0.1) is 35.0 Å². The summed E-state index contributed by atoms with van der Waals surface area (Å²) in [5, 5.41) is 2.90. The van der Waals surface area contributed by atoms with Gasteiger partial charge in [0.2, 0.25) is 10.0 Å². The summed E-state index contributed by atoms with van der Waals surface area (Å²) in [5.74, 6) is -0.342. The summed E-state index contributed by atoms with van der Waals surface area (Å²) < 4.78 is 33.6. The summed E-state index contributed by atoms with van der Waals surface area (Å²) in [6, 6.07) is 6.64. The number of carbonyl (C=O) groups is 1. The Labute approximate surface area is 184 Å². The quantitative estimate of drug-likeness (QED) is 0.686. The molecule has 1 amide bonds. The van der Waals surface area contributed by atoms with Gasteiger partial charge in [0.1, 0.15) is 0 Å². The number of halogens is 1. The van der Waals surface area contributed by atoms with Gasteiger partial charge in [-0.3, -0.25) is 9.78 Å². The van der Waals surface area contributed by atoms with Gasteiger partial charge in [-0.2, -0.15) is 4.31 Å². The Morgan fingerprint density at radius 1 is 1.07 bits per heavy atom. The normalized spacial score (nSPS) is 17.8. The lowest BCUT2D eigenvalue weighted by Crippen LogP contribution is -2.40. The molecule has 4 rings (SSSR count). The Hall–Kier alpha value is -2.01. The molecule has 0 aliphatic carbocycles. The van der Waals surface area contributed by atoms with Gasteiger partial charge in [-0.05, 0) is 53.0 Å². The summed E-state index contributed by atoms with van der Waals surface area (Å²) in [7, 11) is -3.67. The largest absolute Gasteiger partial charge is 0.379 e. The van der Waals surface area contributed by atoms with E-state index in [1.807, 2.05) is 0 Å². The van der Waals surface area contributed by atoms with Crippen molar-refractivity contribution in [2.75, 3.05) is 49.6 Å². The highest BCUT2D eigenvalue weighted by Gasteiger charge is 2.28. The molecule has 2 fully saturated rings. The number of benzene rings is 1. The van der Waals surface area contributed by atoms with E-state index in [4.69, 9.17) is 4.74 Å².